The summed E-state index contributed by atoms with van der Waals surface area (Å²) in [5, 5.41) is 1.86. The van der Waals surface area contributed by atoms with Gasteiger partial charge in [0, 0.05) is 0 Å². The summed E-state index contributed by atoms with van der Waals surface area (Å²) in [7, 11) is 0. The van der Waals surface area contributed by atoms with E-state index in [9.17, 15) is 4.79 Å². The molecule has 7 heavy (non-hydrogen) atoms. The molecule has 0 fully saturated rings. The lowest BCUT2D eigenvalue weighted by atomic mass is 10.8. The van der Waals surface area contributed by atoms with Crippen molar-refractivity contribution in [3.05, 3.63) is 4.91 Å². The summed E-state index contributed by atoms with van der Waals surface area (Å²) in [6.07, 6.45) is 0. The molecule has 0 saturated carbocycles. The highest BCUT2D eigenvalue weighted by Crippen LogP contribution is 1.79. The van der Waals surface area contributed by atoms with Gasteiger partial charge in [-0.25, -0.2) is 4.79 Å². The SMILES string of the molecule is O=NOC(=O)CS. The quantitative estimate of drug-likeness (QED) is 0.321. The van der Waals surface area contributed by atoms with Gasteiger partial charge in [-0.15, -0.1) is 4.91 Å². The maximum atomic E-state index is 9.82. The topological polar surface area (TPSA) is 55.7 Å². The Morgan fingerprint density at radius 3 is 2.57 bits per heavy atom. The van der Waals surface area contributed by atoms with Crippen LogP contribution in [0.3, 0.4) is 0 Å². The average Bonchev–Trinajstić information content (AvgIpc) is 1.68. The molecule has 4 nitrogen and oxygen atoms in total. The molecular formula is C2H3NO3S. The zero-order chi connectivity index (χ0) is 5.70. The summed E-state index contributed by atoms with van der Waals surface area (Å²) in [5.41, 5.74) is 0. The Morgan fingerprint density at radius 2 is 2.43 bits per heavy atom. The summed E-state index contributed by atoms with van der Waals surface area (Å²) in [4.78, 5) is 22.4. The van der Waals surface area contributed by atoms with Crippen LogP contribution in [0.1, 0.15) is 0 Å². The summed E-state index contributed by atoms with van der Waals surface area (Å²) in [6.45, 7) is 0. The predicted molar refractivity (Wildman–Crippen MR) is 25.7 cm³/mol. The van der Waals surface area contributed by atoms with Crippen molar-refractivity contribution in [3.8, 4) is 0 Å². The molecule has 0 unspecified atom stereocenters. The van der Waals surface area contributed by atoms with Gasteiger partial charge in [0.25, 0.3) is 0 Å². The Hall–Kier alpha value is -0.580. The van der Waals surface area contributed by atoms with Gasteiger partial charge in [0.1, 0.15) is 0 Å². The molecule has 0 aliphatic carbocycles. The highest BCUT2D eigenvalue weighted by Gasteiger charge is 1.94. The second-order valence-corrected chi connectivity index (χ2v) is 1.01. The van der Waals surface area contributed by atoms with Crippen LogP contribution in [0.4, 0.5) is 0 Å². The third-order valence-electron chi connectivity index (χ3n) is 0.268. The molecule has 40 valence electrons. The van der Waals surface area contributed by atoms with Crippen LogP contribution in [0.2, 0.25) is 0 Å². The van der Waals surface area contributed by atoms with E-state index in [4.69, 9.17) is 4.91 Å². The minimum absolute atomic E-state index is 0.119. The van der Waals surface area contributed by atoms with Crippen LogP contribution in [0.5, 0.6) is 0 Å². The highest BCUT2D eigenvalue weighted by atomic mass is 32.1. The summed E-state index contributed by atoms with van der Waals surface area (Å²) < 4.78 is 0. The van der Waals surface area contributed by atoms with Gasteiger partial charge < -0.3 is 0 Å². The smallest absolute Gasteiger partial charge is 0.284 e. The highest BCUT2D eigenvalue weighted by molar-refractivity contribution is 7.81. The van der Waals surface area contributed by atoms with E-state index >= 15 is 0 Å². The molecular weight excluding hydrogens is 118 g/mol. The lowest BCUT2D eigenvalue weighted by Gasteiger charge is -1.81. The standard InChI is InChI=1S/C2H3NO3S/c4-2(1-7)6-3-5/h7H,1H2. The Labute approximate surface area is 45.2 Å². The van der Waals surface area contributed by atoms with Crippen molar-refractivity contribution in [2.75, 3.05) is 5.75 Å². The lowest BCUT2D eigenvalue weighted by molar-refractivity contribution is -0.140. The zero-order valence-electron chi connectivity index (χ0n) is 3.33. The van der Waals surface area contributed by atoms with Crippen molar-refractivity contribution in [3.63, 3.8) is 0 Å². The molecule has 0 spiro atoms. The molecule has 0 N–H and O–H groups in total. The molecule has 0 aliphatic rings. The van der Waals surface area contributed by atoms with E-state index in [1.54, 1.807) is 0 Å². The second kappa shape index (κ2) is 3.60. The first kappa shape index (κ1) is 6.42. The molecule has 0 aromatic heterocycles. The van der Waals surface area contributed by atoms with E-state index in [-0.39, 0.29) is 5.75 Å². The fraction of sp³-hybridized carbons (Fsp3) is 0.500. The number of nitrogens with zero attached hydrogens (tertiary/aromatic N) is 1. The third kappa shape index (κ3) is 3.24. The minimum Gasteiger partial charge on any atom is -0.284 e. The fourth-order valence-corrected chi connectivity index (χ4v) is 0.128. The second-order valence-electron chi connectivity index (χ2n) is 0.696. The maximum absolute atomic E-state index is 9.82. The molecule has 0 saturated heterocycles. The minimum atomic E-state index is -0.738. The molecule has 0 amide bonds. The molecule has 0 heterocycles. The first-order chi connectivity index (χ1) is 3.31. The van der Waals surface area contributed by atoms with Crippen LogP contribution in [0, 0.1) is 4.91 Å². The van der Waals surface area contributed by atoms with E-state index in [0.29, 0.717) is 0 Å². The average molecular weight is 121 g/mol. The van der Waals surface area contributed by atoms with Gasteiger partial charge in [0.2, 0.25) is 0 Å². The first-order valence-electron chi connectivity index (χ1n) is 1.44. The van der Waals surface area contributed by atoms with Gasteiger partial charge in [-0.05, 0) is 0 Å². The Bertz CT molecular complexity index is 83.0. The normalized spacial score (nSPS) is 7.57. The maximum Gasteiger partial charge on any atom is 0.348 e. The van der Waals surface area contributed by atoms with E-state index in [1.807, 2.05) is 5.34 Å². The Balaban J connectivity index is 3.17. The molecule has 0 aromatic carbocycles. The zero-order valence-corrected chi connectivity index (χ0v) is 4.22. The van der Waals surface area contributed by atoms with E-state index in [0.717, 1.165) is 0 Å². The van der Waals surface area contributed by atoms with Crippen molar-refractivity contribution in [1.29, 1.82) is 0 Å². The van der Waals surface area contributed by atoms with Crippen molar-refractivity contribution in [1.82, 2.24) is 0 Å². The van der Waals surface area contributed by atoms with Crippen molar-refractivity contribution >= 4 is 18.6 Å². The molecule has 0 atom stereocenters. The van der Waals surface area contributed by atoms with Gasteiger partial charge in [0.05, 0.1) is 5.75 Å². The van der Waals surface area contributed by atoms with Crippen molar-refractivity contribution in [2.24, 2.45) is 5.34 Å². The summed E-state index contributed by atoms with van der Waals surface area (Å²) >= 11 is 3.48. The van der Waals surface area contributed by atoms with Crippen molar-refractivity contribution < 1.29 is 9.63 Å². The van der Waals surface area contributed by atoms with E-state index in [2.05, 4.69) is 17.5 Å². The molecule has 0 radical (unpaired) electrons. The van der Waals surface area contributed by atoms with Crippen LogP contribution in [-0.2, 0) is 9.63 Å². The lowest BCUT2D eigenvalue weighted by Crippen LogP contribution is -1.98. The van der Waals surface area contributed by atoms with Crippen LogP contribution in [0.15, 0.2) is 5.34 Å². The monoisotopic (exact) mass is 121 g/mol. The third-order valence-corrected chi connectivity index (χ3v) is 0.526. The predicted octanol–water partition coefficient (Wildman–Crippen LogP) is 0.141. The number of hydrogen-bond acceptors (Lipinski definition) is 5. The molecule has 0 rings (SSSR count). The van der Waals surface area contributed by atoms with Crippen LogP contribution in [-0.4, -0.2) is 11.7 Å². The number of thiol groups is 1. The number of hydrogen-bond donors (Lipinski definition) is 1. The molecule has 5 heteroatoms. The van der Waals surface area contributed by atoms with Crippen LogP contribution < -0.4 is 0 Å². The van der Waals surface area contributed by atoms with E-state index in [1.165, 1.54) is 0 Å². The molecule has 0 aromatic rings. The van der Waals surface area contributed by atoms with Gasteiger partial charge >= 0.3 is 5.97 Å². The Morgan fingerprint density at radius 1 is 1.86 bits per heavy atom. The fourth-order valence-electron chi connectivity index (χ4n) is 0.0704. The van der Waals surface area contributed by atoms with Crippen molar-refractivity contribution in [2.45, 2.75) is 0 Å². The number of carbonyl (C=O) groups is 1. The van der Waals surface area contributed by atoms with Crippen LogP contribution in [0.25, 0.3) is 0 Å². The first-order valence-corrected chi connectivity index (χ1v) is 2.08. The summed E-state index contributed by atoms with van der Waals surface area (Å²) in [5.74, 6) is -0.857. The summed E-state index contributed by atoms with van der Waals surface area (Å²) in [6, 6.07) is 0. The van der Waals surface area contributed by atoms with Gasteiger partial charge in [-0.3, -0.25) is 4.84 Å². The van der Waals surface area contributed by atoms with Gasteiger partial charge in [-0.2, -0.15) is 12.6 Å². The molecule has 0 aliphatic heterocycles. The number of rotatable bonds is 2. The van der Waals surface area contributed by atoms with E-state index < -0.39 is 5.97 Å². The number of carbonyl (C=O) groups excluding carboxylic acids is 1. The Kier molecular flexibility index (Phi) is 3.31. The van der Waals surface area contributed by atoms with Gasteiger partial charge in [-0.1, -0.05) is 0 Å². The van der Waals surface area contributed by atoms with Gasteiger partial charge in [0.15, 0.2) is 5.34 Å². The largest absolute Gasteiger partial charge is 0.348 e. The molecule has 0 bridgehead atoms. The van der Waals surface area contributed by atoms with Crippen LogP contribution >= 0.6 is 12.6 Å².